The van der Waals surface area contributed by atoms with Gasteiger partial charge in [-0.2, -0.15) is 0 Å². The lowest BCUT2D eigenvalue weighted by Gasteiger charge is -2.28. The molecule has 1 amide bonds. The molecule has 2 saturated heterocycles. The highest BCUT2D eigenvalue weighted by Gasteiger charge is 2.50. The summed E-state index contributed by atoms with van der Waals surface area (Å²) in [6, 6.07) is 0. The Morgan fingerprint density at radius 2 is 1.26 bits per heavy atom. The Bertz CT molecular complexity index is 770. The maximum atomic E-state index is 12.3. The zero-order chi connectivity index (χ0) is 30.7. The summed E-state index contributed by atoms with van der Waals surface area (Å²) in [7, 11) is 1.82. The molecule has 9 nitrogen and oxygen atoms in total. The predicted molar refractivity (Wildman–Crippen MR) is 168 cm³/mol. The van der Waals surface area contributed by atoms with Crippen molar-refractivity contribution in [1.82, 2.24) is 5.32 Å². The molecule has 43 heavy (non-hydrogen) atoms. The number of rotatable bonds is 26. The van der Waals surface area contributed by atoms with Crippen LogP contribution in [0.1, 0.15) is 122 Å². The number of nitrogens with one attached hydrogen (secondary N) is 1. The van der Waals surface area contributed by atoms with Crippen LogP contribution in [0.3, 0.4) is 0 Å². The van der Waals surface area contributed by atoms with E-state index in [2.05, 4.69) is 12.2 Å². The fourth-order valence-corrected chi connectivity index (χ4v) is 6.81. The number of carbonyl (C=O) groups is 1. The van der Waals surface area contributed by atoms with E-state index in [1.165, 1.54) is 89.9 Å². The van der Waals surface area contributed by atoms with Crippen molar-refractivity contribution in [3.05, 3.63) is 0 Å². The number of amides is 1. The average Bonchev–Trinajstić information content (AvgIpc) is 3.53. The summed E-state index contributed by atoms with van der Waals surface area (Å²) in [4.78, 5) is 22.4. The molecular weight excluding hydrogens is 635 g/mol. The summed E-state index contributed by atoms with van der Waals surface area (Å²) >= 11 is 0. The molecule has 2 N–H and O–H groups in total. The minimum absolute atomic E-state index is 0. The highest BCUT2D eigenvalue weighted by Crippen LogP contribution is 2.48. The van der Waals surface area contributed by atoms with E-state index >= 15 is 0 Å². The van der Waals surface area contributed by atoms with E-state index in [1.807, 2.05) is 21.1 Å². The van der Waals surface area contributed by atoms with Gasteiger partial charge >= 0.3 is 13.9 Å². The fraction of sp³-hybridized carbons (Fsp3) is 0.969. The lowest BCUT2D eigenvalue weighted by atomic mass is 9.80. The number of ether oxygens (including phenoxy) is 2. The number of likely N-dealkylation sites (N-methyl/N-ethyl adjacent to an activating group) is 1. The summed E-state index contributed by atoms with van der Waals surface area (Å²) < 4.78 is 35.0. The molecular formula is C32H64BrN2O7P. The topological polar surface area (TPSA) is 103 Å². The third-order valence-electron chi connectivity index (χ3n) is 8.74. The molecule has 2 aliphatic rings. The molecule has 11 heteroatoms. The van der Waals surface area contributed by atoms with Crippen molar-refractivity contribution in [3.63, 3.8) is 0 Å². The van der Waals surface area contributed by atoms with E-state index in [0.717, 1.165) is 25.7 Å². The lowest BCUT2D eigenvalue weighted by molar-refractivity contribution is -0.870. The van der Waals surface area contributed by atoms with Crippen molar-refractivity contribution in [2.45, 2.75) is 135 Å². The van der Waals surface area contributed by atoms with Crippen LogP contribution < -0.4 is 22.3 Å². The first-order chi connectivity index (χ1) is 20.1. The number of unbranched alkanes of at least 4 members (excludes halogenated alkanes) is 15. The van der Waals surface area contributed by atoms with Crippen LogP contribution in [0.15, 0.2) is 0 Å². The summed E-state index contributed by atoms with van der Waals surface area (Å²) in [6.45, 7) is 3.89. The molecule has 0 aliphatic carbocycles. The lowest BCUT2D eigenvalue weighted by Crippen LogP contribution is -3.00. The van der Waals surface area contributed by atoms with Crippen molar-refractivity contribution in [2.24, 2.45) is 11.8 Å². The second kappa shape index (κ2) is 23.2. The van der Waals surface area contributed by atoms with Crippen LogP contribution in [0, 0.1) is 11.8 Å². The molecule has 1 unspecified atom stereocenters. The summed E-state index contributed by atoms with van der Waals surface area (Å²) in [5.41, 5.74) is 0. The number of alkyl carbamates (subject to hydrolysis) is 1. The number of carbonyl (C=O) groups excluding carboxylic acids is 1. The highest BCUT2D eigenvalue weighted by atomic mass is 79.9. The number of hydrogen-bond donors (Lipinski definition) is 2. The average molecular weight is 700 g/mol. The highest BCUT2D eigenvalue weighted by molar-refractivity contribution is 7.47. The molecule has 2 fully saturated rings. The maximum Gasteiger partial charge on any atom is 0.472 e. The standard InChI is InChI=1S/C32H63N2O7P.BrH/c1-5-6-7-8-9-10-11-12-13-14-15-16-17-18-19-20-23-33-32(35)38-26-28-29(31-22-21-30(28)41-31)27-40-42(36,37)39-25-24-34(2,3)4;/h28-31H,5-27H2,1-4H3,(H-,33,35,36,37);1H/t28-,29+,30+,31-;/m0./s1. The van der Waals surface area contributed by atoms with Crippen LogP contribution in [0.25, 0.3) is 0 Å². The Balaban J connectivity index is 0.00000924. The minimum atomic E-state index is -4.15. The van der Waals surface area contributed by atoms with Crippen LogP contribution in [0.5, 0.6) is 0 Å². The second-order valence-corrected chi connectivity index (χ2v) is 15.0. The van der Waals surface area contributed by atoms with Gasteiger partial charge < -0.3 is 41.1 Å². The molecule has 0 saturated carbocycles. The molecule has 2 heterocycles. The van der Waals surface area contributed by atoms with Gasteiger partial charge in [0.25, 0.3) is 0 Å². The zero-order valence-corrected chi connectivity index (χ0v) is 30.2. The SMILES string of the molecule is CCCCCCCCCCCCCCCCCCNC(=O)OC[C@H]1[C@@H](COP(=O)(O)OCC[N+](C)(C)C)[C@@H]2CC[C@H]1O2.[Br-]. The number of hydrogen-bond acceptors (Lipinski definition) is 6. The number of quaternary nitrogens is 1. The first-order valence-corrected chi connectivity index (χ1v) is 18.6. The Morgan fingerprint density at radius 1 is 0.791 bits per heavy atom. The second-order valence-electron chi connectivity index (χ2n) is 13.6. The summed E-state index contributed by atoms with van der Waals surface area (Å²) in [6.07, 6.45) is 22.5. The minimum Gasteiger partial charge on any atom is -1.00 e. The van der Waals surface area contributed by atoms with E-state index in [9.17, 15) is 14.3 Å². The largest absolute Gasteiger partial charge is 1.00 e. The number of nitrogens with zero attached hydrogens (tertiary/aromatic N) is 1. The zero-order valence-electron chi connectivity index (χ0n) is 27.7. The van der Waals surface area contributed by atoms with Gasteiger partial charge in [0, 0.05) is 18.4 Å². The van der Waals surface area contributed by atoms with Gasteiger partial charge in [0.1, 0.15) is 13.2 Å². The van der Waals surface area contributed by atoms with Crippen LogP contribution >= 0.6 is 7.82 Å². The predicted octanol–water partition coefficient (Wildman–Crippen LogP) is 4.61. The number of phosphoric acid groups is 1. The van der Waals surface area contributed by atoms with E-state index in [1.54, 1.807) is 0 Å². The Hall–Kier alpha value is -0.220. The number of fused-ring (bicyclic) bond motifs is 2. The molecule has 0 aromatic heterocycles. The van der Waals surface area contributed by atoms with Crippen LogP contribution in [-0.2, 0) is 23.1 Å². The van der Waals surface area contributed by atoms with Gasteiger partial charge in [0.2, 0.25) is 0 Å². The molecule has 256 valence electrons. The van der Waals surface area contributed by atoms with Crippen molar-refractivity contribution >= 4 is 13.9 Å². The van der Waals surface area contributed by atoms with E-state index < -0.39 is 13.9 Å². The van der Waals surface area contributed by atoms with E-state index in [-0.39, 0.29) is 60.8 Å². The van der Waals surface area contributed by atoms with Crippen LogP contribution in [-0.4, -0.2) is 81.7 Å². The van der Waals surface area contributed by atoms with Gasteiger partial charge in [-0.05, 0) is 19.3 Å². The molecule has 0 radical (unpaired) electrons. The monoisotopic (exact) mass is 698 g/mol. The van der Waals surface area contributed by atoms with Crippen molar-refractivity contribution < 1.29 is 54.2 Å². The van der Waals surface area contributed by atoms with Crippen LogP contribution in [0.2, 0.25) is 0 Å². The molecule has 0 aromatic carbocycles. The van der Waals surface area contributed by atoms with Gasteiger partial charge in [-0.3, -0.25) is 9.05 Å². The van der Waals surface area contributed by atoms with Crippen molar-refractivity contribution in [2.75, 3.05) is 54.1 Å². The molecule has 2 aliphatic heterocycles. The van der Waals surface area contributed by atoms with Crippen LogP contribution in [0.4, 0.5) is 4.79 Å². The van der Waals surface area contributed by atoms with Gasteiger partial charge in [0.05, 0.1) is 46.6 Å². The molecule has 0 aromatic rings. The third kappa shape index (κ3) is 19.1. The quantitative estimate of drug-likeness (QED) is 0.0773. The maximum absolute atomic E-state index is 12.3. The first kappa shape index (κ1) is 40.8. The summed E-state index contributed by atoms with van der Waals surface area (Å²) in [5, 5.41) is 2.87. The normalized spacial score (nSPS) is 22.7. The number of halogens is 1. The van der Waals surface area contributed by atoms with Gasteiger partial charge in [0.15, 0.2) is 0 Å². The fourth-order valence-electron chi connectivity index (χ4n) is 6.07. The Kier molecular flexibility index (Phi) is 22.0. The molecule has 0 spiro atoms. The Labute approximate surface area is 273 Å². The molecule has 2 bridgehead atoms. The third-order valence-corrected chi connectivity index (χ3v) is 9.73. The first-order valence-electron chi connectivity index (χ1n) is 17.1. The van der Waals surface area contributed by atoms with Gasteiger partial charge in [-0.15, -0.1) is 0 Å². The molecule has 5 atom stereocenters. The van der Waals surface area contributed by atoms with Gasteiger partial charge in [-0.25, -0.2) is 9.36 Å². The van der Waals surface area contributed by atoms with E-state index in [0.29, 0.717) is 17.6 Å². The van der Waals surface area contributed by atoms with Crippen molar-refractivity contribution in [1.29, 1.82) is 0 Å². The smallest absolute Gasteiger partial charge is 0.472 e. The Morgan fingerprint density at radius 3 is 1.74 bits per heavy atom. The number of phosphoric ester groups is 1. The molecule has 2 rings (SSSR count). The van der Waals surface area contributed by atoms with Crippen molar-refractivity contribution in [3.8, 4) is 0 Å². The van der Waals surface area contributed by atoms with Gasteiger partial charge in [-0.1, -0.05) is 103 Å². The summed E-state index contributed by atoms with van der Waals surface area (Å²) in [5.74, 6) is -0.143. The van der Waals surface area contributed by atoms with E-state index in [4.69, 9.17) is 18.5 Å².